The number of nitrogens with zero attached hydrogens (tertiary/aromatic N) is 2. The summed E-state index contributed by atoms with van der Waals surface area (Å²) in [7, 11) is 1.62. The lowest BCUT2D eigenvalue weighted by molar-refractivity contribution is 0.412. The first-order valence-electron chi connectivity index (χ1n) is 3.35. The van der Waals surface area contributed by atoms with Crippen molar-refractivity contribution in [3.05, 3.63) is 16.6 Å². The van der Waals surface area contributed by atoms with Crippen LogP contribution in [0, 0.1) is 0 Å². The summed E-state index contributed by atoms with van der Waals surface area (Å²) in [4.78, 5) is 0. The van der Waals surface area contributed by atoms with Gasteiger partial charge in [-0.25, -0.2) is 0 Å². The third-order valence-electron chi connectivity index (χ3n) is 1.59. The lowest BCUT2D eigenvalue weighted by Crippen LogP contribution is -1.83. The average molecular weight is 228 g/mol. The van der Waals surface area contributed by atoms with E-state index < -0.39 is 0 Å². The Morgan fingerprint density at radius 1 is 1.33 bits per heavy atom. The van der Waals surface area contributed by atoms with E-state index in [-0.39, 0.29) is 0 Å². The van der Waals surface area contributed by atoms with Gasteiger partial charge in [-0.1, -0.05) is 0 Å². The van der Waals surface area contributed by atoms with Crippen LogP contribution >= 0.6 is 15.9 Å². The van der Waals surface area contributed by atoms with Crippen LogP contribution in [-0.4, -0.2) is 22.5 Å². The number of hydrogen-bond acceptors (Lipinski definition) is 3. The summed E-state index contributed by atoms with van der Waals surface area (Å²) < 4.78 is 5.97. The monoisotopic (exact) mass is 227 g/mol. The van der Waals surface area contributed by atoms with Gasteiger partial charge in [-0.15, -0.1) is 0 Å². The number of halogens is 1. The van der Waals surface area contributed by atoms with Crippen molar-refractivity contribution in [2.75, 3.05) is 7.11 Å². The highest BCUT2D eigenvalue weighted by Gasteiger charge is 2.04. The molecule has 1 N–H and O–H groups in total. The molecule has 0 radical (unpaired) electrons. The zero-order chi connectivity index (χ0) is 8.55. The lowest BCUT2D eigenvalue weighted by Gasteiger charge is -2.00. The molecule has 0 aliphatic rings. The van der Waals surface area contributed by atoms with Crippen LogP contribution in [0.15, 0.2) is 16.6 Å². The van der Waals surface area contributed by atoms with Crippen LogP contribution in [0.3, 0.4) is 0 Å². The fourth-order valence-corrected chi connectivity index (χ4v) is 1.49. The zero-order valence-corrected chi connectivity index (χ0v) is 7.92. The molecule has 5 heteroatoms. The molecule has 0 fully saturated rings. The van der Waals surface area contributed by atoms with Crippen molar-refractivity contribution >= 4 is 27.0 Å². The molecule has 0 saturated heterocycles. The van der Waals surface area contributed by atoms with E-state index in [0.717, 1.165) is 21.3 Å². The summed E-state index contributed by atoms with van der Waals surface area (Å²) in [5.41, 5.74) is 1.62. The standard InChI is InChI=1S/C7H6BrN3O/c1-12-7-3-6-5(2-4(7)8)9-11-10-6/h2-3H,1H3,(H,9,10,11). The molecule has 1 aromatic carbocycles. The smallest absolute Gasteiger partial charge is 0.135 e. The predicted molar refractivity (Wildman–Crippen MR) is 48.1 cm³/mol. The van der Waals surface area contributed by atoms with Crippen molar-refractivity contribution in [1.29, 1.82) is 0 Å². The number of hydrogen-bond donors (Lipinski definition) is 1. The maximum atomic E-state index is 5.09. The topological polar surface area (TPSA) is 50.8 Å². The third kappa shape index (κ3) is 1.06. The molecule has 0 unspecified atom stereocenters. The predicted octanol–water partition coefficient (Wildman–Crippen LogP) is 1.73. The second-order valence-corrected chi connectivity index (χ2v) is 3.15. The molecule has 4 nitrogen and oxygen atoms in total. The molecular formula is C7H6BrN3O. The highest BCUT2D eigenvalue weighted by molar-refractivity contribution is 9.10. The number of fused-ring (bicyclic) bond motifs is 1. The van der Waals surface area contributed by atoms with Gasteiger partial charge >= 0.3 is 0 Å². The van der Waals surface area contributed by atoms with Crippen LogP contribution in [0.1, 0.15) is 0 Å². The van der Waals surface area contributed by atoms with Crippen LogP contribution in [0.2, 0.25) is 0 Å². The number of aromatic amines is 1. The molecule has 0 amide bonds. The Balaban J connectivity index is 2.73. The van der Waals surface area contributed by atoms with E-state index in [1.54, 1.807) is 7.11 Å². The van der Waals surface area contributed by atoms with Crippen molar-refractivity contribution in [3.63, 3.8) is 0 Å². The van der Waals surface area contributed by atoms with E-state index in [2.05, 4.69) is 31.3 Å². The van der Waals surface area contributed by atoms with Gasteiger partial charge in [-0.3, -0.25) is 0 Å². The van der Waals surface area contributed by atoms with Crippen molar-refractivity contribution in [1.82, 2.24) is 15.4 Å². The largest absolute Gasteiger partial charge is 0.495 e. The minimum Gasteiger partial charge on any atom is -0.495 e. The number of methoxy groups -OCH3 is 1. The highest BCUT2D eigenvalue weighted by atomic mass is 79.9. The summed E-state index contributed by atoms with van der Waals surface area (Å²) in [5.74, 6) is 0.761. The highest BCUT2D eigenvalue weighted by Crippen LogP contribution is 2.27. The van der Waals surface area contributed by atoms with Crippen LogP contribution < -0.4 is 4.74 Å². The average Bonchev–Trinajstić information content (AvgIpc) is 2.49. The van der Waals surface area contributed by atoms with Gasteiger partial charge in [0.25, 0.3) is 0 Å². The van der Waals surface area contributed by atoms with Gasteiger partial charge in [0.1, 0.15) is 16.8 Å². The molecule has 2 rings (SSSR count). The fourth-order valence-electron chi connectivity index (χ4n) is 1.00. The van der Waals surface area contributed by atoms with Crippen LogP contribution in [0.4, 0.5) is 0 Å². The molecule has 0 saturated carbocycles. The maximum absolute atomic E-state index is 5.09. The molecule has 1 heterocycles. The number of ether oxygens (including phenoxy) is 1. The van der Waals surface area contributed by atoms with E-state index in [9.17, 15) is 0 Å². The Hall–Kier alpha value is -1.10. The van der Waals surface area contributed by atoms with E-state index in [4.69, 9.17) is 4.74 Å². The van der Waals surface area contributed by atoms with Crippen LogP contribution in [-0.2, 0) is 0 Å². The Kier molecular flexibility index (Phi) is 1.73. The summed E-state index contributed by atoms with van der Waals surface area (Å²) in [6.45, 7) is 0. The molecule has 62 valence electrons. The number of benzene rings is 1. The first-order chi connectivity index (χ1) is 5.81. The summed E-state index contributed by atoms with van der Waals surface area (Å²) in [6, 6.07) is 3.68. The van der Waals surface area contributed by atoms with E-state index in [1.165, 1.54) is 0 Å². The fraction of sp³-hybridized carbons (Fsp3) is 0.143. The zero-order valence-electron chi connectivity index (χ0n) is 6.34. The quantitative estimate of drug-likeness (QED) is 0.808. The Labute approximate surface area is 77.0 Å². The molecule has 0 atom stereocenters. The Morgan fingerprint density at radius 2 is 2.00 bits per heavy atom. The molecule has 2 aromatic rings. The van der Waals surface area contributed by atoms with Gasteiger partial charge in [-0.2, -0.15) is 15.4 Å². The second kappa shape index (κ2) is 2.75. The number of H-pyrrole nitrogens is 1. The van der Waals surface area contributed by atoms with Gasteiger partial charge in [0.2, 0.25) is 0 Å². The summed E-state index contributed by atoms with van der Waals surface area (Å²) in [6.07, 6.45) is 0. The maximum Gasteiger partial charge on any atom is 0.135 e. The summed E-state index contributed by atoms with van der Waals surface area (Å²) in [5, 5.41) is 10.4. The SMILES string of the molecule is COc1cc2n[nH]nc2cc1Br. The lowest BCUT2D eigenvalue weighted by atomic mass is 10.3. The first-order valence-corrected chi connectivity index (χ1v) is 4.14. The second-order valence-electron chi connectivity index (χ2n) is 2.30. The normalized spacial score (nSPS) is 10.5. The van der Waals surface area contributed by atoms with Gasteiger partial charge in [-0.05, 0) is 22.0 Å². The molecule has 0 spiro atoms. The third-order valence-corrected chi connectivity index (χ3v) is 2.21. The molecule has 1 aromatic heterocycles. The number of rotatable bonds is 1. The Morgan fingerprint density at radius 3 is 2.67 bits per heavy atom. The van der Waals surface area contributed by atoms with Crippen LogP contribution in [0.5, 0.6) is 5.75 Å². The van der Waals surface area contributed by atoms with Crippen molar-refractivity contribution in [2.45, 2.75) is 0 Å². The first kappa shape index (κ1) is 7.54. The molecule has 12 heavy (non-hydrogen) atoms. The van der Waals surface area contributed by atoms with E-state index >= 15 is 0 Å². The molecule has 0 aliphatic heterocycles. The van der Waals surface area contributed by atoms with Crippen LogP contribution in [0.25, 0.3) is 11.0 Å². The van der Waals surface area contributed by atoms with Crippen molar-refractivity contribution in [3.8, 4) is 5.75 Å². The molecule has 0 bridgehead atoms. The molecular weight excluding hydrogens is 222 g/mol. The number of nitrogens with one attached hydrogen (secondary N) is 1. The van der Waals surface area contributed by atoms with Gasteiger partial charge in [0.05, 0.1) is 11.6 Å². The van der Waals surface area contributed by atoms with Gasteiger partial charge in [0.15, 0.2) is 0 Å². The Bertz CT molecular complexity index is 412. The minimum atomic E-state index is 0.761. The van der Waals surface area contributed by atoms with Crippen molar-refractivity contribution < 1.29 is 4.74 Å². The van der Waals surface area contributed by atoms with E-state index in [0.29, 0.717) is 0 Å². The number of aromatic nitrogens is 3. The van der Waals surface area contributed by atoms with E-state index in [1.807, 2.05) is 12.1 Å². The summed E-state index contributed by atoms with van der Waals surface area (Å²) >= 11 is 3.36. The molecule has 0 aliphatic carbocycles. The van der Waals surface area contributed by atoms with Gasteiger partial charge < -0.3 is 4.74 Å². The minimum absolute atomic E-state index is 0.761. The van der Waals surface area contributed by atoms with Gasteiger partial charge in [0, 0.05) is 6.07 Å². The van der Waals surface area contributed by atoms with Crippen molar-refractivity contribution in [2.24, 2.45) is 0 Å².